The van der Waals surface area contributed by atoms with Crippen LogP contribution in [-0.2, 0) is 4.79 Å². The molecule has 1 heterocycles. The van der Waals surface area contributed by atoms with Crippen molar-refractivity contribution in [3.63, 3.8) is 0 Å². The minimum absolute atomic E-state index is 0.139. The Hall–Kier alpha value is -0.700. The van der Waals surface area contributed by atoms with Crippen molar-refractivity contribution in [3.05, 3.63) is 0 Å². The molecule has 1 rings (SSSR count). The van der Waals surface area contributed by atoms with Gasteiger partial charge in [-0.15, -0.1) is 0 Å². The van der Waals surface area contributed by atoms with E-state index < -0.39 is 0 Å². The molecule has 0 amide bonds. The Bertz CT molecular complexity index is 122. The van der Waals surface area contributed by atoms with Crippen LogP contribution in [-0.4, -0.2) is 25.1 Å². The van der Waals surface area contributed by atoms with Crippen molar-refractivity contribution in [1.82, 2.24) is 5.32 Å². The van der Waals surface area contributed by atoms with Crippen molar-refractivity contribution in [2.24, 2.45) is 5.92 Å². The molecule has 0 spiro atoms. The number of carbonyl (C=O) groups excluding carboxylic acids is 1. The van der Waals surface area contributed by atoms with Gasteiger partial charge in [0.1, 0.15) is 0 Å². The average molecular weight is 112 g/mol. The van der Waals surface area contributed by atoms with Crippen LogP contribution in [0.15, 0.2) is 0 Å². The van der Waals surface area contributed by atoms with Gasteiger partial charge in [0.25, 0.3) is 0 Å². The van der Waals surface area contributed by atoms with Crippen LogP contribution in [0.1, 0.15) is 0 Å². The number of carbonyl (C=O) groups is 1. The molecule has 1 fully saturated rings. The third-order valence-electron chi connectivity index (χ3n) is 1.28. The van der Waals surface area contributed by atoms with Crippen LogP contribution in [0, 0.1) is 11.3 Å². The van der Waals surface area contributed by atoms with Gasteiger partial charge in [0, 0.05) is 12.8 Å². The first-order valence-electron chi connectivity index (χ1n) is 2.58. The Kier molecular flexibility index (Phi) is 1.39. The van der Waals surface area contributed by atoms with E-state index in [0.717, 1.165) is 0 Å². The summed E-state index contributed by atoms with van der Waals surface area (Å²) in [5.74, 6) is -0.00463. The van der Waals surface area contributed by atoms with E-state index in [-0.39, 0.29) is 11.7 Å². The maximum atomic E-state index is 10.6. The lowest BCUT2D eigenvalue weighted by Gasteiger charge is -1.91. The summed E-state index contributed by atoms with van der Waals surface area (Å²) >= 11 is 0. The van der Waals surface area contributed by atoms with E-state index in [1.165, 1.54) is 6.21 Å². The molecule has 0 aliphatic carbocycles. The highest BCUT2D eigenvalue weighted by atomic mass is 16.1. The van der Waals surface area contributed by atoms with Gasteiger partial charge in [0.2, 0.25) is 0 Å². The molecule has 1 aliphatic heterocycles. The molecule has 8 heavy (non-hydrogen) atoms. The number of ketones is 1. The van der Waals surface area contributed by atoms with Gasteiger partial charge in [-0.1, -0.05) is 0 Å². The first-order valence-corrected chi connectivity index (χ1v) is 2.58. The molecule has 0 aromatic rings. The Balaban J connectivity index is 2.54. The molecule has 1 saturated heterocycles. The summed E-state index contributed by atoms with van der Waals surface area (Å²) in [6, 6.07) is 0. The van der Waals surface area contributed by atoms with Gasteiger partial charge in [-0.3, -0.25) is 4.79 Å². The third kappa shape index (κ3) is 0.767. The molecular formula is C5H8N2O. The molecule has 3 nitrogen and oxygen atoms in total. The lowest BCUT2D eigenvalue weighted by molar-refractivity contribution is -0.117. The Morgan fingerprint density at radius 2 is 2.62 bits per heavy atom. The van der Waals surface area contributed by atoms with E-state index in [4.69, 9.17) is 5.41 Å². The van der Waals surface area contributed by atoms with E-state index >= 15 is 0 Å². The van der Waals surface area contributed by atoms with Crippen molar-refractivity contribution in [2.75, 3.05) is 13.1 Å². The van der Waals surface area contributed by atoms with Crippen LogP contribution in [0.25, 0.3) is 0 Å². The van der Waals surface area contributed by atoms with Gasteiger partial charge in [0.15, 0.2) is 5.78 Å². The van der Waals surface area contributed by atoms with Crippen molar-refractivity contribution in [1.29, 1.82) is 5.41 Å². The second-order valence-electron chi connectivity index (χ2n) is 1.87. The summed E-state index contributed by atoms with van der Waals surface area (Å²) < 4.78 is 0. The zero-order valence-corrected chi connectivity index (χ0v) is 4.48. The number of nitrogens with one attached hydrogen (secondary N) is 2. The normalized spacial score (nSPS) is 28.5. The predicted octanol–water partition coefficient (Wildman–Crippen LogP) is -0.576. The molecule has 2 N–H and O–H groups in total. The Morgan fingerprint density at radius 1 is 1.88 bits per heavy atom. The van der Waals surface area contributed by atoms with Crippen LogP contribution < -0.4 is 5.32 Å². The summed E-state index contributed by atoms with van der Waals surface area (Å²) in [4.78, 5) is 10.6. The molecule has 0 saturated carbocycles. The van der Waals surface area contributed by atoms with Gasteiger partial charge >= 0.3 is 0 Å². The summed E-state index contributed by atoms with van der Waals surface area (Å²) in [6.07, 6.45) is 1.20. The highest BCUT2D eigenvalue weighted by molar-refractivity contribution is 5.97. The molecule has 1 unspecified atom stereocenters. The molecule has 1 atom stereocenters. The molecule has 0 aromatic heterocycles. The molecule has 44 valence electrons. The summed E-state index contributed by atoms with van der Waals surface area (Å²) in [7, 11) is 0. The highest BCUT2D eigenvalue weighted by Crippen LogP contribution is 1.97. The van der Waals surface area contributed by atoms with Crippen molar-refractivity contribution in [2.45, 2.75) is 0 Å². The van der Waals surface area contributed by atoms with Crippen LogP contribution in [0.3, 0.4) is 0 Å². The van der Waals surface area contributed by atoms with Gasteiger partial charge in [-0.2, -0.15) is 0 Å². The van der Waals surface area contributed by atoms with Gasteiger partial charge in [-0.05, 0) is 0 Å². The maximum absolute atomic E-state index is 10.6. The van der Waals surface area contributed by atoms with Gasteiger partial charge in [0.05, 0.1) is 12.5 Å². The fourth-order valence-corrected chi connectivity index (χ4v) is 0.748. The first kappa shape index (κ1) is 5.44. The fourth-order valence-electron chi connectivity index (χ4n) is 0.748. The van der Waals surface area contributed by atoms with E-state index in [2.05, 4.69) is 5.32 Å². The van der Waals surface area contributed by atoms with Crippen molar-refractivity contribution < 1.29 is 4.79 Å². The number of rotatable bonds is 1. The second-order valence-corrected chi connectivity index (χ2v) is 1.87. The topological polar surface area (TPSA) is 53.0 Å². The molecular weight excluding hydrogens is 104 g/mol. The molecule has 0 aromatic carbocycles. The largest absolute Gasteiger partial charge is 0.312 e. The first-order chi connectivity index (χ1) is 3.84. The lowest BCUT2D eigenvalue weighted by Crippen LogP contribution is -2.11. The highest BCUT2D eigenvalue weighted by Gasteiger charge is 2.20. The Labute approximate surface area is 47.6 Å². The average Bonchev–Trinajstić information content (AvgIpc) is 2.14. The monoisotopic (exact) mass is 112 g/mol. The zero-order valence-electron chi connectivity index (χ0n) is 4.48. The van der Waals surface area contributed by atoms with E-state index in [1.807, 2.05) is 0 Å². The zero-order chi connectivity index (χ0) is 5.98. The number of hydrogen-bond acceptors (Lipinski definition) is 3. The van der Waals surface area contributed by atoms with Gasteiger partial charge < -0.3 is 10.7 Å². The lowest BCUT2D eigenvalue weighted by atomic mass is 10.1. The summed E-state index contributed by atoms with van der Waals surface area (Å²) in [6.45, 7) is 1.10. The van der Waals surface area contributed by atoms with Crippen LogP contribution >= 0.6 is 0 Å². The van der Waals surface area contributed by atoms with Crippen LogP contribution in [0.2, 0.25) is 0 Å². The molecule has 1 aliphatic rings. The molecule has 0 bridgehead atoms. The fraction of sp³-hybridized carbons (Fsp3) is 0.600. The third-order valence-corrected chi connectivity index (χ3v) is 1.28. The van der Waals surface area contributed by atoms with E-state index in [1.54, 1.807) is 0 Å². The quantitative estimate of drug-likeness (QED) is 0.446. The minimum Gasteiger partial charge on any atom is -0.312 e. The number of Topliss-reactive ketones (excluding diaryl/α,β-unsaturated/α-hetero) is 1. The summed E-state index contributed by atoms with van der Waals surface area (Å²) in [5.41, 5.74) is 0. The smallest absolute Gasteiger partial charge is 0.156 e. The second kappa shape index (κ2) is 2.05. The molecule has 0 radical (unpaired) electrons. The van der Waals surface area contributed by atoms with Gasteiger partial charge in [-0.25, -0.2) is 0 Å². The van der Waals surface area contributed by atoms with Crippen molar-refractivity contribution >= 4 is 12.0 Å². The van der Waals surface area contributed by atoms with E-state index in [0.29, 0.717) is 13.1 Å². The standard InChI is InChI=1S/C5H8N2O/c6-1-4-2-7-3-5(4)8/h1,4,6-7H,2-3H2. The van der Waals surface area contributed by atoms with Crippen LogP contribution in [0.5, 0.6) is 0 Å². The predicted molar refractivity (Wildman–Crippen MR) is 30.2 cm³/mol. The summed E-state index contributed by atoms with van der Waals surface area (Å²) in [5, 5.41) is 9.62. The molecule has 3 heteroatoms. The van der Waals surface area contributed by atoms with Crippen molar-refractivity contribution in [3.8, 4) is 0 Å². The SMILES string of the molecule is N=CC1CNCC1=O. The minimum atomic E-state index is -0.144. The van der Waals surface area contributed by atoms with Crippen LogP contribution in [0.4, 0.5) is 0 Å². The number of hydrogen-bond donors (Lipinski definition) is 2. The maximum Gasteiger partial charge on any atom is 0.156 e. The van der Waals surface area contributed by atoms with E-state index in [9.17, 15) is 4.79 Å². The Morgan fingerprint density at radius 3 is 2.88 bits per heavy atom.